The molecule has 0 heterocycles. The van der Waals surface area contributed by atoms with Crippen LogP contribution in [0.4, 0.5) is 0 Å². The van der Waals surface area contributed by atoms with E-state index in [1.807, 2.05) is 12.1 Å². The zero-order valence-electron chi connectivity index (χ0n) is 17.6. The summed E-state index contributed by atoms with van der Waals surface area (Å²) in [5, 5.41) is 3.84. The number of ether oxygens (including phenoxy) is 2. The van der Waals surface area contributed by atoms with Gasteiger partial charge in [-0.1, -0.05) is 54.6 Å². The molecule has 158 valence electrons. The Balaban J connectivity index is 0.00000256. The Morgan fingerprint density at radius 2 is 1.67 bits per heavy atom. The van der Waals surface area contributed by atoms with E-state index in [1.165, 1.54) is 22.3 Å². The summed E-state index contributed by atoms with van der Waals surface area (Å²) in [7, 11) is 3.48. The van der Waals surface area contributed by atoms with Gasteiger partial charge in [-0.15, -0.1) is 17.0 Å². The summed E-state index contributed by atoms with van der Waals surface area (Å²) in [5.74, 6) is 2.29. The summed E-state index contributed by atoms with van der Waals surface area (Å²) < 4.78 is 11.1. The zero-order chi connectivity index (χ0) is 20.1. The van der Waals surface area contributed by atoms with E-state index < -0.39 is 0 Å². The molecule has 0 bridgehead atoms. The third-order valence-electron chi connectivity index (χ3n) is 6.01. The van der Waals surface area contributed by atoms with Crippen LogP contribution in [0, 0.1) is 0 Å². The van der Waals surface area contributed by atoms with E-state index in [1.54, 1.807) is 14.2 Å². The first kappa shape index (κ1) is 22.4. The van der Waals surface area contributed by atoms with E-state index in [-0.39, 0.29) is 17.0 Å². The summed E-state index contributed by atoms with van der Waals surface area (Å²) in [4.78, 5) is 0. The average molecular weight is 468 g/mol. The molecule has 0 radical (unpaired) electrons. The van der Waals surface area contributed by atoms with E-state index in [0.717, 1.165) is 37.3 Å². The van der Waals surface area contributed by atoms with Crippen molar-refractivity contribution < 1.29 is 9.47 Å². The van der Waals surface area contributed by atoms with E-state index in [0.29, 0.717) is 12.0 Å². The van der Waals surface area contributed by atoms with Gasteiger partial charge in [-0.2, -0.15) is 0 Å². The molecule has 30 heavy (non-hydrogen) atoms. The zero-order valence-corrected chi connectivity index (χ0v) is 19.3. The predicted molar refractivity (Wildman–Crippen MR) is 128 cm³/mol. The summed E-state index contributed by atoms with van der Waals surface area (Å²) in [6.45, 7) is 0.805. The van der Waals surface area contributed by atoms with Crippen molar-refractivity contribution >= 4 is 17.0 Å². The minimum Gasteiger partial charge on any atom is -0.497 e. The van der Waals surface area contributed by atoms with Crippen LogP contribution in [0.25, 0.3) is 0 Å². The lowest BCUT2D eigenvalue weighted by Gasteiger charge is -2.35. The van der Waals surface area contributed by atoms with Gasteiger partial charge in [-0.25, -0.2) is 0 Å². The third-order valence-corrected chi connectivity index (χ3v) is 6.01. The van der Waals surface area contributed by atoms with Crippen molar-refractivity contribution in [3.63, 3.8) is 0 Å². The maximum Gasteiger partial charge on any atom is 0.123 e. The number of hydrogen-bond acceptors (Lipinski definition) is 3. The maximum absolute atomic E-state index is 5.54. The van der Waals surface area contributed by atoms with Crippen LogP contribution < -0.4 is 14.8 Å². The third kappa shape index (κ3) is 5.05. The fraction of sp³-hybridized carbons (Fsp3) is 0.308. The van der Waals surface area contributed by atoms with Crippen LogP contribution in [-0.4, -0.2) is 20.3 Å². The van der Waals surface area contributed by atoms with Gasteiger partial charge in [0.1, 0.15) is 11.5 Å². The van der Waals surface area contributed by atoms with Crippen LogP contribution in [0.15, 0.2) is 72.8 Å². The first-order valence-corrected chi connectivity index (χ1v) is 10.3. The summed E-state index contributed by atoms with van der Waals surface area (Å²) in [5.41, 5.74) is 5.43. The number of aryl methyl sites for hydroxylation is 1. The molecule has 0 saturated carbocycles. The number of benzene rings is 3. The number of para-hydroxylation sites is 1. The molecule has 1 aliphatic carbocycles. The van der Waals surface area contributed by atoms with Crippen LogP contribution in [0.2, 0.25) is 0 Å². The van der Waals surface area contributed by atoms with Crippen LogP contribution in [0.3, 0.4) is 0 Å². The van der Waals surface area contributed by atoms with Crippen molar-refractivity contribution in [2.24, 2.45) is 0 Å². The fourth-order valence-corrected chi connectivity index (χ4v) is 4.46. The summed E-state index contributed by atoms with van der Waals surface area (Å²) >= 11 is 0. The molecule has 0 amide bonds. The molecule has 2 unspecified atom stereocenters. The molecule has 0 aliphatic heterocycles. The Labute approximate surface area is 190 Å². The molecule has 2 atom stereocenters. The van der Waals surface area contributed by atoms with Crippen molar-refractivity contribution in [3.8, 4) is 11.5 Å². The molecule has 3 nitrogen and oxygen atoms in total. The molecule has 4 heteroatoms. The highest BCUT2D eigenvalue weighted by molar-refractivity contribution is 8.93. The minimum atomic E-state index is 0. The minimum absolute atomic E-state index is 0. The Morgan fingerprint density at radius 1 is 0.900 bits per heavy atom. The van der Waals surface area contributed by atoms with Crippen molar-refractivity contribution in [2.45, 2.75) is 37.8 Å². The number of rotatable bonds is 7. The van der Waals surface area contributed by atoms with Gasteiger partial charge < -0.3 is 14.8 Å². The SMILES string of the molecule is Br.COc1ccc2c(c1)C(Cc1ccccc1)C(NCc1ccccc1OC)CC2. The molecular formula is C26H30BrNO2. The summed E-state index contributed by atoms with van der Waals surface area (Å²) in [6, 6.07) is 26.0. The van der Waals surface area contributed by atoms with Crippen LogP contribution in [0.1, 0.15) is 34.6 Å². The molecule has 3 aromatic carbocycles. The molecule has 1 N–H and O–H groups in total. The van der Waals surface area contributed by atoms with Crippen LogP contribution in [0.5, 0.6) is 11.5 Å². The highest BCUT2D eigenvalue weighted by Gasteiger charge is 2.30. The first-order valence-electron chi connectivity index (χ1n) is 10.3. The van der Waals surface area contributed by atoms with Gasteiger partial charge in [0.25, 0.3) is 0 Å². The molecule has 4 rings (SSSR count). The molecule has 3 aromatic rings. The van der Waals surface area contributed by atoms with Gasteiger partial charge in [0, 0.05) is 24.1 Å². The predicted octanol–water partition coefficient (Wildman–Crippen LogP) is 5.71. The Kier molecular flexibility index (Phi) is 7.94. The molecule has 0 aromatic heterocycles. The number of halogens is 1. The second-order valence-electron chi connectivity index (χ2n) is 7.70. The fourth-order valence-electron chi connectivity index (χ4n) is 4.46. The molecule has 0 fully saturated rings. The standard InChI is InChI=1S/C26H29NO2.BrH/c1-28-22-14-12-20-13-15-25(27-18-21-10-6-7-11-26(21)29-2)24(23(20)17-22)16-19-8-4-3-5-9-19;/h3-12,14,17,24-25,27H,13,15-16,18H2,1-2H3;1H. The highest BCUT2D eigenvalue weighted by Crippen LogP contribution is 2.37. The number of hydrogen-bond donors (Lipinski definition) is 1. The Bertz CT molecular complexity index is 945. The Hall–Kier alpha value is -2.30. The lowest BCUT2D eigenvalue weighted by Crippen LogP contribution is -2.39. The van der Waals surface area contributed by atoms with Crippen molar-refractivity contribution in [3.05, 3.63) is 95.1 Å². The molecule has 0 spiro atoms. The van der Waals surface area contributed by atoms with Crippen molar-refractivity contribution in [2.75, 3.05) is 14.2 Å². The van der Waals surface area contributed by atoms with E-state index in [4.69, 9.17) is 9.47 Å². The van der Waals surface area contributed by atoms with Crippen LogP contribution in [-0.2, 0) is 19.4 Å². The van der Waals surface area contributed by atoms with Gasteiger partial charge in [-0.3, -0.25) is 0 Å². The summed E-state index contributed by atoms with van der Waals surface area (Å²) in [6.07, 6.45) is 3.24. The van der Waals surface area contributed by atoms with Gasteiger partial charge in [-0.05, 0) is 54.2 Å². The van der Waals surface area contributed by atoms with E-state index >= 15 is 0 Å². The van der Waals surface area contributed by atoms with E-state index in [2.05, 4.69) is 66.0 Å². The largest absolute Gasteiger partial charge is 0.497 e. The number of fused-ring (bicyclic) bond motifs is 1. The second-order valence-corrected chi connectivity index (χ2v) is 7.70. The monoisotopic (exact) mass is 467 g/mol. The molecule has 0 saturated heterocycles. The van der Waals surface area contributed by atoms with Gasteiger partial charge in [0.15, 0.2) is 0 Å². The lowest BCUT2D eigenvalue weighted by atomic mass is 9.76. The maximum atomic E-state index is 5.54. The average Bonchev–Trinajstić information content (AvgIpc) is 2.79. The van der Waals surface area contributed by atoms with E-state index in [9.17, 15) is 0 Å². The van der Waals surface area contributed by atoms with Gasteiger partial charge >= 0.3 is 0 Å². The normalized spacial score (nSPS) is 17.5. The second kappa shape index (κ2) is 10.6. The van der Waals surface area contributed by atoms with Crippen molar-refractivity contribution in [1.82, 2.24) is 5.32 Å². The highest BCUT2D eigenvalue weighted by atomic mass is 79.9. The molecule has 1 aliphatic rings. The lowest BCUT2D eigenvalue weighted by molar-refractivity contribution is 0.369. The van der Waals surface area contributed by atoms with Gasteiger partial charge in [0.05, 0.1) is 14.2 Å². The van der Waals surface area contributed by atoms with Crippen molar-refractivity contribution in [1.29, 1.82) is 0 Å². The quantitative estimate of drug-likeness (QED) is 0.482. The Morgan fingerprint density at radius 3 is 2.43 bits per heavy atom. The molecular weight excluding hydrogens is 438 g/mol. The smallest absolute Gasteiger partial charge is 0.123 e. The number of nitrogens with one attached hydrogen (secondary N) is 1. The van der Waals surface area contributed by atoms with Gasteiger partial charge in [0.2, 0.25) is 0 Å². The first-order chi connectivity index (χ1) is 14.3. The number of methoxy groups -OCH3 is 2. The topological polar surface area (TPSA) is 30.5 Å². The van der Waals surface area contributed by atoms with Crippen LogP contribution >= 0.6 is 17.0 Å².